The Hall–Kier alpha value is -1.48. The third-order valence-corrected chi connectivity index (χ3v) is 3.65. The Morgan fingerprint density at radius 2 is 2.11 bits per heavy atom. The molecule has 0 aliphatic carbocycles. The van der Waals surface area contributed by atoms with Gasteiger partial charge < -0.3 is 4.98 Å². The number of imidazole rings is 1. The van der Waals surface area contributed by atoms with Crippen LogP contribution in [-0.4, -0.2) is 15.7 Å². The smallest absolute Gasteiger partial charge is 0.165 e. The molecule has 3 heteroatoms. The van der Waals surface area contributed by atoms with Crippen LogP contribution in [0.2, 0.25) is 0 Å². The van der Waals surface area contributed by atoms with Crippen molar-refractivity contribution in [3.63, 3.8) is 0 Å². The molecule has 2 aromatic rings. The Bertz CT molecular complexity index is 502. The summed E-state index contributed by atoms with van der Waals surface area (Å²) in [7, 11) is 0. The van der Waals surface area contributed by atoms with Gasteiger partial charge in [-0.05, 0) is 18.9 Å². The Balaban J connectivity index is 2.03. The van der Waals surface area contributed by atoms with E-state index in [0.717, 1.165) is 29.4 Å². The number of nitrogens with one attached hydrogen (secondary N) is 1. The molecule has 0 fully saturated rings. The van der Waals surface area contributed by atoms with E-state index in [2.05, 4.69) is 47.7 Å². The fourth-order valence-corrected chi connectivity index (χ4v) is 2.61. The lowest BCUT2D eigenvalue weighted by atomic mass is 10.1. The zero-order valence-corrected chi connectivity index (χ0v) is 11.5. The summed E-state index contributed by atoms with van der Waals surface area (Å²) in [6.45, 7) is 5.81. The van der Waals surface area contributed by atoms with Crippen LogP contribution in [0.5, 0.6) is 0 Å². The van der Waals surface area contributed by atoms with Gasteiger partial charge in [0.15, 0.2) is 5.16 Å². The number of nitrogens with zero attached hydrogens (tertiary/aromatic N) is 1. The minimum atomic E-state index is 0.894. The highest BCUT2D eigenvalue weighted by molar-refractivity contribution is 7.99. The molecule has 1 aromatic heterocycles. The van der Waals surface area contributed by atoms with Gasteiger partial charge in [-0.25, -0.2) is 4.98 Å². The van der Waals surface area contributed by atoms with Crippen molar-refractivity contribution in [2.45, 2.75) is 24.9 Å². The highest BCUT2D eigenvalue weighted by atomic mass is 32.2. The number of hydrogen-bond acceptors (Lipinski definition) is 2. The number of allylic oxidation sites excluding steroid dienone is 1. The van der Waals surface area contributed by atoms with Gasteiger partial charge in [0.1, 0.15) is 0 Å². The Kier molecular flexibility index (Phi) is 4.65. The lowest BCUT2D eigenvalue weighted by molar-refractivity contribution is 1.01. The molecular formula is C15H18N2S. The van der Waals surface area contributed by atoms with E-state index in [-0.39, 0.29) is 0 Å². The third-order valence-electron chi connectivity index (χ3n) is 2.74. The molecule has 0 bridgehead atoms. The molecule has 0 unspecified atom stereocenters. The Morgan fingerprint density at radius 1 is 1.33 bits per heavy atom. The number of aromatic nitrogens is 2. The largest absolute Gasteiger partial charge is 0.337 e. The fourth-order valence-electron chi connectivity index (χ4n) is 1.74. The second-order valence-corrected chi connectivity index (χ2v) is 5.29. The first-order valence-electron chi connectivity index (χ1n) is 6.12. The van der Waals surface area contributed by atoms with Crippen molar-refractivity contribution in [3.05, 3.63) is 59.9 Å². The van der Waals surface area contributed by atoms with E-state index in [9.17, 15) is 0 Å². The molecule has 94 valence electrons. The average Bonchev–Trinajstić information content (AvgIpc) is 2.72. The Labute approximate surface area is 113 Å². The summed E-state index contributed by atoms with van der Waals surface area (Å²) in [6, 6.07) is 10.4. The molecule has 0 atom stereocenters. The highest BCUT2D eigenvalue weighted by Gasteiger charge is 2.07. The van der Waals surface area contributed by atoms with Crippen LogP contribution >= 0.6 is 11.8 Å². The number of H-pyrrole nitrogens is 1. The first-order valence-corrected chi connectivity index (χ1v) is 7.11. The van der Waals surface area contributed by atoms with E-state index < -0.39 is 0 Å². The van der Waals surface area contributed by atoms with Gasteiger partial charge in [-0.1, -0.05) is 48.2 Å². The van der Waals surface area contributed by atoms with Crippen molar-refractivity contribution in [1.29, 1.82) is 0 Å². The summed E-state index contributed by atoms with van der Waals surface area (Å²) in [5.41, 5.74) is 3.61. The molecule has 0 aliphatic heterocycles. The van der Waals surface area contributed by atoms with E-state index in [1.807, 2.05) is 12.1 Å². The summed E-state index contributed by atoms with van der Waals surface area (Å²) < 4.78 is 0. The minimum absolute atomic E-state index is 0.894. The van der Waals surface area contributed by atoms with Crippen molar-refractivity contribution in [2.75, 3.05) is 5.75 Å². The summed E-state index contributed by atoms with van der Waals surface area (Å²) in [5.74, 6) is 1.03. The second-order valence-electron chi connectivity index (χ2n) is 4.20. The average molecular weight is 258 g/mol. The number of rotatable bonds is 6. The maximum absolute atomic E-state index is 4.65. The lowest BCUT2D eigenvalue weighted by Gasteiger charge is -1.98. The molecule has 1 aromatic carbocycles. The van der Waals surface area contributed by atoms with Gasteiger partial charge in [0.25, 0.3) is 0 Å². The molecular weight excluding hydrogens is 240 g/mol. The fraction of sp³-hybridized carbons (Fsp3) is 0.267. The van der Waals surface area contributed by atoms with E-state index in [1.165, 1.54) is 11.3 Å². The molecule has 1 heterocycles. The highest BCUT2D eigenvalue weighted by Crippen LogP contribution is 2.19. The van der Waals surface area contributed by atoms with Gasteiger partial charge in [0.2, 0.25) is 0 Å². The molecule has 18 heavy (non-hydrogen) atoms. The topological polar surface area (TPSA) is 28.7 Å². The van der Waals surface area contributed by atoms with Crippen molar-refractivity contribution in [1.82, 2.24) is 9.97 Å². The van der Waals surface area contributed by atoms with Crippen LogP contribution < -0.4 is 0 Å². The zero-order valence-electron chi connectivity index (χ0n) is 10.6. The molecule has 2 rings (SSSR count). The SMILES string of the molecule is C=CCCSc1nc(Cc2ccccc2)c(C)[nH]1. The third kappa shape index (κ3) is 3.50. The van der Waals surface area contributed by atoms with Gasteiger partial charge in [0.05, 0.1) is 5.69 Å². The molecule has 2 nitrogen and oxygen atoms in total. The van der Waals surface area contributed by atoms with Crippen LogP contribution in [0.15, 0.2) is 48.1 Å². The molecule has 0 saturated heterocycles. The van der Waals surface area contributed by atoms with E-state index in [0.29, 0.717) is 0 Å². The zero-order chi connectivity index (χ0) is 12.8. The monoisotopic (exact) mass is 258 g/mol. The molecule has 0 amide bonds. The molecule has 0 aliphatic rings. The summed E-state index contributed by atoms with van der Waals surface area (Å²) >= 11 is 1.75. The molecule has 0 radical (unpaired) electrons. The summed E-state index contributed by atoms with van der Waals surface area (Å²) in [5, 5.41) is 1.01. The predicted molar refractivity (Wildman–Crippen MR) is 78.1 cm³/mol. The van der Waals surface area contributed by atoms with Crippen LogP contribution in [0.3, 0.4) is 0 Å². The van der Waals surface area contributed by atoms with Gasteiger partial charge in [0, 0.05) is 17.9 Å². The lowest BCUT2D eigenvalue weighted by Crippen LogP contribution is -1.90. The number of aryl methyl sites for hydroxylation is 1. The van der Waals surface area contributed by atoms with Crippen LogP contribution in [-0.2, 0) is 6.42 Å². The van der Waals surface area contributed by atoms with Crippen molar-refractivity contribution >= 4 is 11.8 Å². The van der Waals surface area contributed by atoms with Crippen LogP contribution in [0, 0.1) is 6.92 Å². The van der Waals surface area contributed by atoms with E-state index >= 15 is 0 Å². The molecule has 0 spiro atoms. The minimum Gasteiger partial charge on any atom is -0.337 e. The van der Waals surface area contributed by atoms with Gasteiger partial charge in [-0.2, -0.15) is 0 Å². The van der Waals surface area contributed by atoms with E-state index in [1.54, 1.807) is 11.8 Å². The van der Waals surface area contributed by atoms with Crippen LogP contribution in [0.1, 0.15) is 23.4 Å². The first kappa shape index (κ1) is 13.0. The summed E-state index contributed by atoms with van der Waals surface area (Å²) in [4.78, 5) is 7.99. The number of aromatic amines is 1. The van der Waals surface area contributed by atoms with Crippen molar-refractivity contribution in [3.8, 4) is 0 Å². The van der Waals surface area contributed by atoms with Crippen molar-refractivity contribution in [2.24, 2.45) is 0 Å². The van der Waals surface area contributed by atoms with E-state index in [4.69, 9.17) is 0 Å². The maximum atomic E-state index is 4.65. The van der Waals surface area contributed by atoms with Gasteiger partial charge in [-0.3, -0.25) is 0 Å². The normalized spacial score (nSPS) is 10.5. The predicted octanol–water partition coefficient (Wildman–Crippen LogP) is 3.98. The number of thioether (sulfide) groups is 1. The number of hydrogen-bond donors (Lipinski definition) is 1. The summed E-state index contributed by atoms with van der Waals surface area (Å²) in [6.07, 6.45) is 3.84. The van der Waals surface area contributed by atoms with Gasteiger partial charge >= 0.3 is 0 Å². The quantitative estimate of drug-likeness (QED) is 0.482. The van der Waals surface area contributed by atoms with Crippen LogP contribution in [0.4, 0.5) is 0 Å². The maximum Gasteiger partial charge on any atom is 0.165 e. The molecule has 1 N–H and O–H groups in total. The van der Waals surface area contributed by atoms with Crippen molar-refractivity contribution < 1.29 is 0 Å². The second kappa shape index (κ2) is 6.45. The standard InChI is InChI=1S/C15H18N2S/c1-3-4-10-18-15-16-12(2)14(17-15)11-13-8-6-5-7-9-13/h3,5-9H,1,4,10-11H2,2H3,(H,16,17). The molecule has 0 saturated carbocycles. The number of benzene rings is 1. The van der Waals surface area contributed by atoms with Gasteiger partial charge in [-0.15, -0.1) is 6.58 Å². The van der Waals surface area contributed by atoms with Crippen LogP contribution in [0.25, 0.3) is 0 Å². The Morgan fingerprint density at radius 3 is 2.83 bits per heavy atom. The first-order chi connectivity index (χ1) is 8.79.